The van der Waals surface area contributed by atoms with E-state index < -0.39 is 6.10 Å². The minimum absolute atomic E-state index is 0. The van der Waals surface area contributed by atoms with Gasteiger partial charge in [-0.15, -0.1) is 12.4 Å². The summed E-state index contributed by atoms with van der Waals surface area (Å²) in [7, 11) is 0. The number of carbonyl (C=O) groups is 2. The Morgan fingerprint density at radius 2 is 2.07 bits per heavy atom. The topological polar surface area (TPSA) is 70.7 Å². The monoisotopic (exact) mass is 423 g/mol. The first-order chi connectivity index (χ1) is 13.6. The summed E-state index contributed by atoms with van der Waals surface area (Å²) < 4.78 is 6.04. The van der Waals surface area contributed by atoms with E-state index in [9.17, 15) is 9.59 Å². The van der Waals surface area contributed by atoms with Crippen LogP contribution in [0.1, 0.15) is 44.6 Å². The lowest BCUT2D eigenvalue weighted by Gasteiger charge is -2.35. The van der Waals surface area contributed by atoms with Gasteiger partial charge in [0.05, 0.1) is 6.04 Å². The van der Waals surface area contributed by atoms with Crippen LogP contribution in [0.15, 0.2) is 24.3 Å². The largest absolute Gasteiger partial charge is 0.480 e. The van der Waals surface area contributed by atoms with Crippen LogP contribution >= 0.6 is 12.4 Å². The van der Waals surface area contributed by atoms with Crippen molar-refractivity contribution in [1.29, 1.82) is 0 Å². The van der Waals surface area contributed by atoms with Crippen LogP contribution in [0.3, 0.4) is 0 Å². The third-order valence-electron chi connectivity index (χ3n) is 5.78. The Morgan fingerprint density at radius 1 is 1.28 bits per heavy atom. The summed E-state index contributed by atoms with van der Waals surface area (Å²) >= 11 is 0. The lowest BCUT2D eigenvalue weighted by atomic mass is 9.97. The van der Waals surface area contributed by atoms with E-state index in [1.54, 1.807) is 0 Å². The zero-order valence-corrected chi connectivity index (χ0v) is 18.3. The predicted octanol–water partition coefficient (Wildman–Crippen LogP) is 2.68. The second-order valence-electron chi connectivity index (χ2n) is 7.97. The fourth-order valence-electron chi connectivity index (χ4n) is 4.06. The number of ether oxygens (including phenoxy) is 1. The van der Waals surface area contributed by atoms with Gasteiger partial charge in [0.2, 0.25) is 5.91 Å². The fraction of sp³-hybridized carbons (Fsp3) is 0.636. The molecule has 0 saturated carbocycles. The van der Waals surface area contributed by atoms with E-state index in [2.05, 4.69) is 10.6 Å². The van der Waals surface area contributed by atoms with Crippen LogP contribution in [0.5, 0.6) is 5.75 Å². The van der Waals surface area contributed by atoms with Crippen molar-refractivity contribution < 1.29 is 14.3 Å². The number of hydrogen-bond donors (Lipinski definition) is 2. The summed E-state index contributed by atoms with van der Waals surface area (Å²) in [6, 6.07) is 7.75. The molecule has 1 aromatic rings. The van der Waals surface area contributed by atoms with Crippen LogP contribution in [-0.4, -0.2) is 55.0 Å². The van der Waals surface area contributed by atoms with Gasteiger partial charge in [0, 0.05) is 19.6 Å². The second kappa shape index (κ2) is 11.4. The highest BCUT2D eigenvalue weighted by atomic mass is 35.5. The van der Waals surface area contributed by atoms with Gasteiger partial charge in [-0.1, -0.05) is 25.1 Å². The van der Waals surface area contributed by atoms with Crippen LogP contribution in [0, 0.1) is 12.8 Å². The number of benzene rings is 1. The molecule has 2 N–H and O–H groups in total. The molecule has 7 heteroatoms. The first-order valence-corrected chi connectivity index (χ1v) is 10.6. The van der Waals surface area contributed by atoms with Crippen molar-refractivity contribution in [1.82, 2.24) is 15.5 Å². The van der Waals surface area contributed by atoms with Crippen LogP contribution in [-0.2, 0) is 9.59 Å². The van der Waals surface area contributed by atoms with Crippen LogP contribution < -0.4 is 15.4 Å². The number of rotatable bonds is 7. The second-order valence-corrected chi connectivity index (χ2v) is 7.97. The van der Waals surface area contributed by atoms with Crippen LogP contribution in [0.2, 0.25) is 0 Å². The Hall–Kier alpha value is -1.79. The molecule has 3 atom stereocenters. The summed E-state index contributed by atoms with van der Waals surface area (Å²) in [5, 5.41) is 6.30. The first kappa shape index (κ1) is 23.5. The highest BCUT2D eigenvalue weighted by molar-refractivity contribution is 5.85. The lowest BCUT2D eigenvalue weighted by molar-refractivity contribution is -0.140. The van der Waals surface area contributed by atoms with Gasteiger partial charge in [-0.05, 0) is 63.1 Å². The van der Waals surface area contributed by atoms with Crippen molar-refractivity contribution in [3.63, 3.8) is 0 Å². The normalized spacial score (nSPS) is 22.5. The fourth-order valence-corrected chi connectivity index (χ4v) is 4.06. The molecule has 3 rings (SSSR count). The van der Waals surface area contributed by atoms with Gasteiger partial charge >= 0.3 is 0 Å². The van der Waals surface area contributed by atoms with E-state index in [1.807, 2.05) is 43.0 Å². The molecule has 1 aromatic carbocycles. The highest BCUT2D eigenvalue weighted by Crippen LogP contribution is 2.22. The van der Waals surface area contributed by atoms with E-state index in [0.29, 0.717) is 25.4 Å². The molecule has 2 aliphatic heterocycles. The molecule has 2 fully saturated rings. The van der Waals surface area contributed by atoms with E-state index in [-0.39, 0.29) is 30.3 Å². The quantitative estimate of drug-likeness (QED) is 0.707. The number of halogens is 1. The molecule has 29 heavy (non-hydrogen) atoms. The number of nitrogens with zero attached hydrogens (tertiary/aromatic N) is 1. The van der Waals surface area contributed by atoms with Gasteiger partial charge < -0.3 is 20.3 Å². The molecule has 0 spiro atoms. The van der Waals surface area contributed by atoms with Crippen molar-refractivity contribution in [3.8, 4) is 5.75 Å². The van der Waals surface area contributed by atoms with Crippen molar-refractivity contribution in [3.05, 3.63) is 29.8 Å². The number of aryl methyl sites for hydroxylation is 1. The van der Waals surface area contributed by atoms with Gasteiger partial charge in [-0.25, -0.2) is 0 Å². The van der Waals surface area contributed by atoms with E-state index in [4.69, 9.17) is 4.74 Å². The number of nitrogens with one attached hydrogen (secondary N) is 2. The van der Waals surface area contributed by atoms with E-state index in [1.165, 1.54) is 0 Å². The minimum Gasteiger partial charge on any atom is -0.480 e. The van der Waals surface area contributed by atoms with E-state index in [0.717, 1.165) is 50.1 Å². The molecule has 2 saturated heterocycles. The van der Waals surface area contributed by atoms with Gasteiger partial charge in [-0.2, -0.15) is 0 Å². The third-order valence-corrected chi connectivity index (χ3v) is 5.78. The Labute approximate surface area is 180 Å². The number of piperidine rings is 1. The molecule has 3 unspecified atom stereocenters. The highest BCUT2D eigenvalue weighted by Gasteiger charge is 2.30. The smallest absolute Gasteiger partial charge is 0.263 e. The average Bonchev–Trinajstić information content (AvgIpc) is 3.26. The molecule has 2 heterocycles. The molecule has 6 nitrogen and oxygen atoms in total. The lowest BCUT2D eigenvalue weighted by Crippen LogP contribution is -2.49. The third kappa shape index (κ3) is 6.34. The van der Waals surface area contributed by atoms with Gasteiger partial charge in [0.1, 0.15) is 5.75 Å². The number of para-hydroxylation sites is 1. The Balaban J connectivity index is 0.00000300. The Bertz CT molecular complexity index is 679. The maximum absolute atomic E-state index is 13.0. The van der Waals surface area contributed by atoms with Gasteiger partial charge in [-0.3, -0.25) is 9.59 Å². The van der Waals surface area contributed by atoms with Crippen molar-refractivity contribution in [2.45, 2.75) is 58.1 Å². The number of hydrogen-bond acceptors (Lipinski definition) is 4. The maximum Gasteiger partial charge on any atom is 0.263 e. The zero-order valence-electron chi connectivity index (χ0n) is 17.5. The van der Waals surface area contributed by atoms with Crippen LogP contribution in [0.4, 0.5) is 0 Å². The van der Waals surface area contributed by atoms with Crippen LogP contribution in [0.25, 0.3) is 0 Å². The minimum atomic E-state index is -0.461. The molecule has 0 bridgehead atoms. The summed E-state index contributed by atoms with van der Waals surface area (Å²) in [6.45, 7) is 6.98. The van der Waals surface area contributed by atoms with Crippen molar-refractivity contribution in [2.24, 2.45) is 5.92 Å². The number of carbonyl (C=O) groups excluding carboxylic acids is 2. The first-order valence-electron chi connectivity index (χ1n) is 10.6. The van der Waals surface area contributed by atoms with Gasteiger partial charge in [0.25, 0.3) is 5.91 Å². The summed E-state index contributed by atoms with van der Waals surface area (Å²) in [6.07, 6.45) is 4.15. The van der Waals surface area contributed by atoms with Gasteiger partial charge in [0.15, 0.2) is 6.10 Å². The molecule has 162 valence electrons. The maximum atomic E-state index is 13.0. The molecular formula is C22H34ClN3O3. The average molecular weight is 424 g/mol. The predicted molar refractivity (Wildman–Crippen MR) is 116 cm³/mol. The SMILES string of the molecule is CCC(Oc1ccccc1C)C(=O)N1CCCC(CNC(=O)C2CCCN2)C1.Cl. The number of likely N-dealkylation sites (tertiary alicyclic amines) is 1. The van der Waals surface area contributed by atoms with Crippen molar-refractivity contribution >= 4 is 24.2 Å². The molecular weight excluding hydrogens is 390 g/mol. The number of amides is 2. The molecule has 0 aromatic heterocycles. The Kier molecular flexibility index (Phi) is 9.24. The Morgan fingerprint density at radius 3 is 2.76 bits per heavy atom. The summed E-state index contributed by atoms with van der Waals surface area (Å²) in [5.74, 6) is 1.22. The van der Waals surface area contributed by atoms with E-state index >= 15 is 0 Å². The molecule has 2 amide bonds. The standard InChI is InChI=1S/C22H33N3O3.ClH/c1-3-19(28-20-11-5-4-8-16(20)2)22(27)25-13-7-9-17(15-25)14-24-21(26)18-10-6-12-23-18;/h4-5,8,11,17-19,23H,3,6-7,9-10,12-15H2,1-2H3,(H,24,26);1H. The molecule has 0 aliphatic carbocycles. The zero-order chi connectivity index (χ0) is 19.9. The van der Waals surface area contributed by atoms with Crippen molar-refractivity contribution in [2.75, 3.05) is 26.2 Å². The molecule has 2 aliphatic rings. The summed E-state index contributed by atoms with van der Waals surface area (Å²) in [5.41, 5.74) is 1.04. The molecule has 0 radical (unpaired) electrons. The summed E-state index contributed by atoms with van der Waals surface area (Å²) in [4.78, 5) is 27.2.